The van der Waals surface area contributed by atoms with Crippen LogP contribution in [0.2, 0.25) is 0 Å². The lowest BCUT2D eigenvalue weighted by Gasteiger charge is -2.33. The number of carbonyl (C=O) groups excluding carboxylic acids is 1. The zero-order valence-corrected chi connectivity index (χ0v) is 11.6. The van der Waals surface area contributed by atoms with Crippen LogP contribution in [0.4, 0.5) is 4.79 Å². The maximum Gasteiger partial charge on any atom is 0.317 e. The van der Waals surface area contributed by atoms with Gasteiger partial charge in [0.15, 0.2) is 0 Å². The van der Waals surface area contributed by atoms with Gasteiger partial charge in [0, 0.05) is 25.2 Å². The highest BCUT2D eigenvalue weighted by Crippen LogP contribution is 2.27. The van der Waals surface area contributed by atoms with E-state index in [1.807, 2.05) is 4.90 Å². The summed E-state index contributed by atoms with van der Waals surface area (Å²) in [5.74, 6) is 0. The molecule has 0 spiro atoms. The van der Waals surface area contributed by atoms with Crippen LogP contribution < -0.4 is 5.32 Å². The molecule has 5 nitrogen and oxygen atoms in total. The molecule has 0 aromatic carbocycles. The molecular weight excluding hydrogens is 242 g/mol. The first-order chi connectivity index (χ1) is 9.29. The summed E-state index contributed by atoms with van der Waals surface area (Å²) >= 11 is 0. The van der Waals surface area contributed by atoms with E-state index in [0.29, 0.717) is 12.1 Å². The smallest absolute Gasteiger partial charge is 0.317 e. The van der Waals surface area contributed by atoms with Crippen molar-refractivity contribution in [2.75, 3.05) is 26.2 Å². The summed E-state index contributed by atoms with van der Waals surface area (Å²) < 4.78 is 0. The van der Waals surface area contributed by atoms with Crippen LogP contribution >= 0.6 is 0 Å². The average molecular weight is 267 g/mol. The van der Waals surface area contributed by atoms with Crippen LogP contribution in [0.15, 0.2) is 0 Å². The molecule has 0 aliphatic carbocycles. The highest BCUT2D eigenvalue weighted by molar-refractivity contribution is 5.75. The van der Waals surface area contributed by atoms with Gasteiger partial charge in [-0.2, -0.15) is 0 Å². The van der Waals surface area contributed by atoms with Crippen LogP contribution in [0.1, 0.15) is 38.5 Å². The lowest BCUT2D eigenvalue weighted by Crippen LogP contribution is -2.52. The second kappa shape index (κ2) is 5.67. The third-order valence-corrected chi connectivity index (χ3v) is 5.01. The first-order valence-electron chi connectivity index (χ1n) is 7.71. The van der Waals surface area contributed by atoms with Crippen LogP contribution in [0.5, 0.6) is 0 Å². The molecule has 2 amide bonds. The third-order valence-electron chi connectivity index (χ3n) is 5.01. The summed E-state index contributed by atoms with van der Waals surface area (Å²) in [7, 11) is 0. The number of fused-ring (bicyclic) bond motifs is 1. The van der Waals surface area contributed by atoms with Gasteiger partial charge in [0.05, 0.1) is 12.6 Å². The van der Waals surface area contributed by atoms with Gasteiger partial charge in [-0.05, 0) is 38.6 Å². The molecule has 0 aromatic rings. The van der Waals surface area contributed by atoms with Gasteiger partial charge in [-0.3, -0.25) is 4.90 Å². The molecular formula is C14H25N3O2. The Morgan fingerprint density at radius 2 is 2.00 bits per heavy atom. The van der Waals surface area contributed by atoms with Crippen molar-refractivity contribution in [1.82, 2.24) is 15.1 Å². The molecule has 3 atom stereocenters. The maximum atomic E-state index is 12.3. The van der Waals surface area contributed by atoms with Gasteiger partial charge in [0.1, 0.15) is 0 Å². The Kier molecular flexibility index (Phi) is 3.93. The summed E-state index contributed by atoms with van der Waals surface area (Å²) in [6.07, 6.45) is 6.83. The lowest BCUT2D eigenvalue weighted by atomic mass is 9.99. The first kappa shape index (κ1) is 13.2. The van der Waals surface area contributed by atoms with Gasteiger partial charge in [-0.15, -0.1) is 0 Å². The molecule has 2 unspecified atom stereocenters. The molecule has 0 bridgehead atoms. The number of piperidine rings is 1. The molecule has 2 N–H and O–H groups in total. The van der Waals surface area contributed by atoms with Crippen molar-refractivity contribution >= 4 is 6.03 Å². The van der Waals surface area contributed by atoms with Crippen LogP contribution in [0, 0.1) is 0 Å². The fourth-order valence-electron chi connectivity index (χ4n) is 3.95. The van der Waals surface area contributed by atoms with Gasteiger partial charge in [0.2, 0.25) is 0 Å². The average Bonchev–Trinajstić information content (AvgIpc) is 3.05. The summed E-state index contributed by atoms with van der Waals surface area (Å²) in [6.45, 7) is 3.20. The van der Waals surface area contributed by atoms with Crippen LogP contribution in [0.3, 0.4) is 0 Å². The van der Waals surface area contributed by atoms with E-state index in [1.165, 1.54) is 25.8 Å². The van der Waals surface area contributed by atoms with Gasteiger partial charge >= 0.3 is 6.03 Å². The number of rotatable bonds is 2. The SMILES string of the molecule is O=C(NC1CCN2CCCCC12)N1CCC[C@H]1CO. The van der Waals surface area contributed by atoms with E-state index in [2.05, 4.69) is 10.2 Å². The summed E-state index contributed by atoms with van der Waals surface area (Å²) in [5, 5.41) is 12.5. The number of carbonyl (C=O) groups is 1. The topological polar surface area (TPSA) is 55.8 Å². The predicted molar refractivity (Wildman–Crippen MR) is 73.0 cm³/mol. The highest BCUT2D eigenvalue weighted by Gasteiger charge is 2.38. The number of urea groups is 1. The fraction of sp³-hybridized carbons (Fsp3) is 0.929. The van der Waals surface area contributed by atoms with Gasteiger partial charge in [-0.25, -0.2) is 4.79 Å². The van der Waals surface area contributed by atoms with Crippen LogP contribution in [-0.4, -0.2) is 65.3 Å². The number of nitrogens with zero attached hydrogens (tertiary/aromatic N) is 2. The largest absolute Gasteiger partial charge is 0.394 e. The van der Waals surface area contributed by atoms with Gasteiger partial charge in [0.25, 0.3) is 0 Å². The number of hydrogen-bond donors (Lipinski definition) is 2. The van der Waals surface area contributed by atoms with E-state index in [-0.39, 0.29) is 18.7 Å². The molecule has 3 rings (SSSR count). The minimum atomic E-state index is 0.0314. The highest BCUT2D eigenvalue weighted by atomic mass is 16.3. The maximum absolute atomic E-state index is 12.3. The Bertz CT molecular complexity index is 337. The monoisotopic (exact) mass is 267 g/mol. The summed E-state index contributed by atoms with van der Waals surface area (Å²) in [5.41, 5.74) is 0. The molecule has 0 saturated carbocycles. The number of nitrogens with one attached hydrogen (secondary N) is 1. The molecule has 3 saturated heterocycles. The van der Waals surface area contributed by atoms with Crippen LogP contribution in [-0.2, 0) is 0 Å². The molecule has 3 aliphatic heterocycles. The van der Waals surface area contributed by atoms with Crippen molar-refractivity contribution < 1.29 is 9.90 Å². The van der Waals surface area contributed by atoms with Crippen molar-refractivity contribution in [3.8, 4) is 0 Å². The second-order valence-corrected chi connectivity index (χ2v) is 6.12. The molecule has 5 heteroatoms. The predicted octanol–water partition coefficient (Wildman–Crippen LogP) is 0.779. The Balaban J connectivity index is 1.57. The number of likely N-dealkylation sites (tertiary alicyclic amines) is 1. The van der Waals surface area contributed by atoms with Crippen molar-refractivity contribution in [1.29, 1.82) is 0 Å². The Hall–Kier alpha value is -0.810. The minimum Gasteiger partial charge on any atom is -0.394 e. The zero-order chi connectivity index (χ0) is 13.2. The molecule has 108 valence electrons. The molecule has 3 aliphatic rings. The van der Waals surface area contributed by atoms with Crippen molar-refractivity contribution in [2.24, 2.45) is 0 Å². The summed E-state index contributed by atoms with van der Waals surface area (Å²) in [6, 6.07) is 0.929. The van der Waals surface area contributed by atoms with Gasteiger partial charge in [-0.1, -0.05) is 6.42 Å². The number of hydrogen-bond acceptors (Lipinski definition) is 3. The van der Waals surface area contributed by atoms with Crippen molar-refractivity contribution in [2.45, 2.75) is 56.7 Å². The van der Waals surface area contributed by atoms with E-state index in [9.17, 15) is 9.90 Å². The Labute approximate surface area is 114 Å². The zero-order valence-electron chi connectivity index (χ0n) is 11.6. The minimum absolute atomic E-state index is 0.0314. The second-order valence-electron chi connectivity index (χ2n) is 6.12. The van der Waals surface area contributed by atoms with E-state index < -0.39 is 0 Å². The molecule has 3 heterocycles. The number of aliphatic hydroxyl groups is 1. The van der Waals surface area contributed by atoms with Crippen molar-refractivity contribution in [3.63, 3.8) is 0 Å². The quantitative estimate of drug-likeness (QED) is 0.777. The standard InChI is InChI=1S/C14H25N3O2/c18-10-11-4-3-8-17(11)14(19)15-12-6-9-16-7-2-1-5-13(12)16/h11-13,18H,1-10H2,(H,15,19)/t11-,12?,13?/m0/s1. The summed E-state index contributed by atoms with van der Waals surface area (Å²) in [4.78, 5) is 16.7. The van der Waals surface area contributed by atoms with E-state index >= 15 is 0 Å². The molecule has 0 radical (unpaired) electrons. The van der Waals surface area contributed by atoms with Crippen molar-refractivity contribution in [3.05, 3.63) is 0 Å². The van der Waals surface area contributed by atoms with E-state index in [0.717, 1.165) is 32.4 Å². The van der Waals surface area contributed by atoms with E-state index in [4.69, 9.17) is 0 Å². The van der Waals surface area contributed by atoms with Gasteiger partial charge < -0.3 is 15.3 Å². The molecule has 0 aromatic heterocycles. The van der Waals surface area contributed by atoms with E-state index in [1.54, 1.807) is 0 Å². The normalized spacial score (nSPS) is 35.4. The lowest BCUT2D eigenvalue weighted by molar-refractivity contribution is 0.146. The molecule has 19 heavy (non-hydrogen) atoms. The van der Waals surface area contributed by atoms with Crippen LogP contribution in [0.25, 0.3) is 0 Å². The Morgan fingerprint density at radius 3 is 2.84 bits per heavy atom. The number of aliphatic hydroxyl groups excluding tert-OH is 1. The third kappa shape index (κ3) is 2.58. The Morgan fingerprint density at radius 1 is 1.11 bits per heavy atom. The number of amides is 2. The fourth-order valence-corrected chi connectivity index (χ4v) is 3.95. The first-order valence-corrected chi connectivity index (χ1v) is 7.71. The molecule has 3 fully saturated rings.